The van der Waals surface area contributed by atoms with Crippen LogP contribution in [0.3, 0.4) is 0 Å². The van der Waals surface area contributed by atoms with E-state index in [1.807, 2.05) is 0 Å². The van der Waals surface area contributed by atoms with E-state index >= 15 is 0 Å². The molecule has 0 unspecified atom stereocenters. The van der Waals surface area contributed by atoms with Crippen molar-refractivity contribution in [3.05, 3.63) is 12.4 Å². The van der Waals surface area contributed by atoms with Crippen LogP contribution in [0.15, 0.2) is 12.4 Å². The van der Waals surface area contributed by atoms with Gasteiger partial charge in [0.15, 0.2) is 5.75 Å². The van der Waals surface area contributed by atoms with Crippen LogP contribution in [-0.4, -0.2) is 14.9 Å². The van der Waals surface area contributed by atoms with Crippen molar-refractivity contribution in [1.29, 1.82) is 0 Å². The van der Waals surface area contributed by atoms with E-state index in [0.717, 1.165) is 12.4 Å². The average molecular weight is 134 g/mol. The lowest BCUT2D eigenvalue weighted by molar-refractivity contribution is 0.0563. The number of aromatic nitrogens is 2. The Bertz CT molecular complexity index is 198. The third-order valence-corrected chi connectivity index (χ3v) is 0.788. The van der Waals surface area contributed by atoms with Crippen LogP contribution in [0.2, 0.25) is 0 Å². The molecule has 1 aromatic heterocycles. The first-order valence-corrected chi connectivity index (χ1v) is 2.21. The Morgan fingerprint density at radius 1 is 1.67 bits per heavy atom. The molecule has 0 aliphatic heterocycles. The molecule has 0 bridgehead atoms. The number of rotatable bonds is 1. The molecule has 1 N–H and O–H groups in total. The van der Waals surface area contributed by atoms with Crippen molar-refractivity contribution in [2.24, 2.45) is 0 Å². The smallest absolute Gasteiger partial charge is 0.333 e. The fourth-order valence-corrected chi connectivity index (χ4v) is 0.435. The van der Waals surface area contributed by atoms with Crippen LogP contribution in [0.5, 0.6) is 5.75 Å². The molecular weight excluding hydrogens is 130 g/mol. The van der Waals surface area contributed by atoms with Gasteiger partial charge in [-0.2, -0.15) is 13.9 Å². The average Bonchev–Trinajstić information content (AvgIpc) is 2.14. The highest BCUT2D eigenvalue weighted by molar-refractivity contribution is 5.08. The summed E-state index contributed by atoms with van der Waals surface area (Å²) in [6, 6.07) is 0. The summed E-state index contributed by atoms with van der Waals surface area (Å²) in [6.07, 6.45) is 1.80. The van der Waals surface area contributed by atoms with Gasteiger partial charge in [0.2, 0.25) is 0 Å². The molecule has 0 aliphatic rings. The molecule has 0 fully saturated rings. The predicted molar refractivity (Wildman–Crippen MR) is 25.1 cm³/mol. The van der Waals surface area contributed by atoms with Gasteiger partial charge in [0.1, 0.15) is 0 Å². The molecule has 50 valence electrons. The predicted octanol–water partition coefficient (Wildman–Crippen LogP) is 0.984. The van der Waals surface area contributed by atoms with E-state index in [2.05, 4.69) is 5.10 Å². The van der Waals surface area contributed by atoms with Gasteiger partial charge in [-0.15, -0.1) is 0 Å². The summed E-state index contributed by atoms with van der Waals surface area (Å²) in [7, 11) is 0. The van der Waals surface area contributed by atoms with Crippen molar-refractivity contribution in [2.75, 3.05) is 0 Å². The highest BCUT2D eigenvalue weighted by atomic mass is 19.3. The van der Waals surface area contributed by atoms with Gasteiger partial charge in [0.05, 0.1) is 12.4 Å². The first kappa shape index (κ1) is 6.00. The van der Waals surface area contributed by atoms with Crippen molar-refractivity contribution in [1.82, 2.24) is 9.78 Å². The quantitative estimate of drug-likeness (QED) is 0.621. The van der Waals surface area contributed by atoms with E-state index in [1.165, 1.54) is 0 Å². The number of nitrogens with zero attached hydrogens (tertiary/aromatic N) is 2. The standard InChI is InChI=1S/C4H4F2N2O/c5-4(6)8-2-3(9)1-7-8/h1-2,4,9H. The fraction of sp³-hybridized carbons (Fsp3) is 0.250. The second kappa shape index (κ2) is 2.00. The number of aromatic hydroxyl groups is 1. The molecule has 0 aromatic carbocycles. The topological polar surface area (TPSA) is 38.1 Å². The third kappa shape index (κ3) is 1.16. The van der Waals surface area contributed by atoms with Crippen molar-refractivity contribution in [2.45, 2.75) is 6.55 Å². The normalized spacial score (nSPS) is 10.6. The SMILES string of the molecule is Oc1cnn(C(F)F)c1. The Labute approximate surface area is 49.5 Å². The van der Waals surface area contributed by atoms with E-state index in [1.54, 1.807) is 0 Å². The summed E-state index contributed by atoms with van der Waals surface area (Å²) in [6.45, 7) is -2.68. The van der Waals surface area contributed by atoms with Crippen molar-refractivity contribution in [3.63, 3.8) is 0 Å². The highest BCUT2D eigenvalue weighted by Crippen LogP contribution is 2.12. The molecule has 0 amide bonds. The minimum absolute atomic E-state index is 0.254. The lowest BCUT2D eigenvalue weighted by atomic mass is 10.7. The van der Waals surface area contributed by atoms with E-state index in [-0.39, 0.29) is 5.75 Å². The third-order valence-electron chi connectivity index (χ3n) is 0.788. The zero-order valence-corrected chi connectivity index (χ0v) is 4.33. The maximum atomic E-state index is 11.6. The summed E-state index contributed by atoms with van der Waals surface area (Å²) in [5, 5.41) is 11.6. The van der Waals surface area contributed by atoms with Crippen LogP contribution in [0.4, 0.5) is 8.78 Å². The van der Waals surface area contributed by atoms with Gasteiger partial charge >= 0.3 is 6.55 Å². The molecule has 0 saturated carbocycles. The number of alkyl halides is 2. The van der Waals surface area contributed by atoms with E-state index in [0.29, 0.717) is 4.68 Å². The summed E-state index contributed by atoms with van der Waals surface area (Å²) in [4.78, 5) is 0. The maximum absolute atomic E-state index is 11.6. The van der Waals surface area contributed by atoms with Crippen LogP contribution < -0.4 is 0 Å². The largest absolute Gasteiger partial charge is 0.505 e. The molecule has 1 heterocycles. The number of hydrogen-bond acceptors (Lipinski definition) is 2. The van der Waals surface area contributed by atoms with Crippen LogP contribution in [-0.2, 0) is 0 Å². The fourth-order valence-electron chi connectivity index (χ4n) is 0.435. The van der Waals surface area contributed by atoms with Crippen LogP contribution in [0.25, 0.3) is 0 Å². The Balaban J connectivity index is 2.85. The van der Waals surface area contributed by atoms with Gasteiger partial charge < -0.3 is 5.11 Å². The second-order valence-electron chi connectivity index (χ2n) is 1.46. The molecule has 1 aromatic rings. The molecule has 5 heteroatoms. The minimum atomic E-state index is -2.68. The van der Waals surface area contributed by atoms with Gasteiger partial charge in [0, 0.05) is 0 Å². The summed E-state index contributed by atoms with van der Waals surface area (Å²) >= 11 is 0. The number of halogens is 2. The Kier molecular flexibility index (Phi) is 1.33. The maximum Gasteiger partial charge on any atom is 0.333 e. The first-order valence-electron chi connectivity index (χ1n) is 2.21. The monoisotopic (exact) mass is 134 g/mol. The summed E-state index contributed by atoms with van der Waals surface area (Å²) < 4.78 is 23.5. The van der Waals surface area contributed by atoms with Gasteiger partial charge in [0.25, 0.3) is 0 Å². The summed E-state index contributed by atoms with van der Waals surface area (Å²) in [5.41, 5.74) is 0. The van der Waals surface area contributed by atoms with E-state index < -0.39 is 6.55 Å². The molecular formula is C4H4F2N2O. The van der Waals surface area contributed by atoms with E-state index in [4.69, 9.17) is 5.11 Å². The Hall–Kier alpha value is -1.13. The van der Waals surface area contributed by atoms with Crippen LogP contribution in [0, 0.1) is 0 Å². The zero-order valence-electron chi connectivity index (χ0n) is 4.33. The molecule has 0 atom stereocenters. The van der Waals surface area contributed by atoms with Crippen LogP contribution in [0.1, 0.15) is 6.55 Å². The van der Waals surface area contributed by atoms with Crippen molar-refractivity contribution < 1.29 is 13.9 Å². The molecule has 9 heavy (non-hydrogen) atoms. The molecule has 0 aliphatic carbocycles. The lowest BCUT2D eigenvalue weighted by Gasteiger charge is -1.93. The summed E-state index contributed by atoms with van der Waals surface area (Å²) in [5.74, 6) is -0.254. The Morgan fingerprint density at radius 3 is 2.56 bits per heavy atom. The Morgan fingerprint density at radius 2 is 2.33 bits per heavy atom. The highest BCUT2D eigenvalue weighted by Gasteiger charge is 2.05. The second-order valence-corrected chi connectivity index (χ2v) is 1.46. The molecule has 0 saturated heterocycles. The molecule has 0 spiro atoms. The molecule has 0 radical (unpaired) electrons. The molecule has 1 rings (SSSR count). The van der Waals surface area contributed by atoms with E-state index in [9.17, 15) is 8.78 Å². The van der Waals surface area contributed by atoms with Crippen molar-refractivity contribution in [3.8, 4) is 5.75 Å². The zero-order chi connectivity index (χ0) is 6.85. The van der Waals surface area contributed by atoms with Crippen molar-refractivity contribution >= 4 is 0 Å². The van der Waals surface area contributed by atoms with Gasteiger partial charge in [-0.1, -0.05) is 0 Å². The van der Waals surface area contributed by atoms with Gasteiger partial charge in [-0.05, 0) is 0 Å². The molecule has 3 nitrogen and oxygen atoms in total. The van der Waals surface area contributed by atoms with Crippen LogP contribution >= 0.6 is 0 Å². The lowest BCUT2D eigenvalue weighted by Crippen LogP contribution is -1.96. The van der Waals surface area contributed by atoms with Gasteiger partial charge in [-0.3, -0.25) is 0 Å². The first-order chi connectivity index (χ1) is 4.20. The number of hydrogen-bond donors (Lipinski definition) is 1. The van der Waals surface area contributed by atoms with Gasteiger partial charge in [-0.25, -0.2) is 4.68 Å². The minimum Gasteiger partial charge on any atom is -0.505 e.